The lowest BCUT2D eigenvalue weighted by Gasteiger charge is -2.01. The summed E-state index contributed by atoms with van der Waals surface area (Å²) in [7, 11) is 0. The zero-order chi connectivity index (χ0) is 9.97. The second-order valence-corrected chi connectivity index (χ2v) is 3.79. The molecule has 0 aliphatic heterocycles. The van der Waals surface area contributed by atoms with Crippen LogP contribution in [0.5, 0.6) is 0 Å². The zero-order valence-corrected chi connectivity index (χ0v) is 8.02. The topological polar surface area (TPSA) is 85.2 Å². The summed E-state index contributed by atoms with van der Waals surface area (Å²) in [6.07, 6.45) is 3.45. The van der Waals surface area contributed by atoms with Crippen LogP contribution in [0.1, 0.15) is 36.9 Å². The van der Waals surface area contributed by atoms with Crippen LogP contribution < -0.4 is 5.73 Å². The van der Waals surface area contributed by atoms with Crippen LogP contribution in [0.15, 0.2) is 4.52 Å². The molecule has 2 rings (SSSR count). The molecule has 1 fully saturated rings. The molecule has 0 spiro atoms. The van der Waals surface area contributed by atoms with E-state index in [9.17, 15) is 0 Å². The highest BCUT2D eigenvalue weighted by Gasteiger charge is 2.27. The zero-order valence-electron chi connectivity index (χ0n) is 8.02. The number of hydrogen-bond donors (Lipinski definition) is 2. The summed E-state index contributed by atoms with van der Waals surface area (Å²) >= 11 is 0. The van der Waals surface area contributed by atoms with E-state index >= 15 is 0 Å². The van der Waals surface area contributed by atoms with E-state index in [1.807, 2.05) is 0 Å². The molecule has 2 unspecified atom stereocenters. The van der Waals surface area contributed by atoms with Crippen LogP contribution in [0.25, 0.3) is 0 Å². The lowest BCUT2D eigenvalue weighted by molar-refractivity contribution is 0.292. The van der Waals surface area contributed by atoms with Crippen molar-refractivity contribution in [1.82, 2.24) is 10.1 Å². The lowest BCUT2D eigenvalue weighted by atomic mass is 10.1. The van der Waals surface area contributed by atoms with Crippen molar-refractivity contribution < 1.29 is 9.63 Å². The standard InChI is InChI=1S/C9H15N3O2/c10-7-2-1-6(5-7)9-11-8(3-4-13)12-14-9/h6-7,13H,1-5,10H2. The van der Waals surface area contributed by atoms with Gasteiger partial charge < -0.3 is 15.4 Å². The van der Waals surface area contributed by atoms with E-state index in [4.69, 9.17) is 15.4 Å². The minimum Gasteiger partial charge on any atom is -0.396 e. The lowest BCUT2D eigenvalue weighted by Crippen LogP contribution is -2.14. The van der Waals surface area contributed by atoms with Crippen LogP contribution in [0, 0.1) is 0 Å². The molecule has 0 radical (unpaired) electrons. The summed E-state index contributed by atoms with van der Waals surface area (Å²) in [4.78, 5) is 4.22. The van der Waals surface area contributed by atoms with Gasteiger partial charge in [0.05, 0.1) is 6.61 Å². The predicted octanol–water partition coefficient (Wildman–Crippen LogP) is 0.199. The third-order valence-corrected chi connectivity index (χ3v) is 2.64. The first-order valence-corrected chi connectivity index (χ1v) is 4.98. The van der Waals surface area contributed by atoms with Crippen molar-refractivity contribution in [3.8, 4) is 0 Å². The molecule has 1 aromatic rings. The van der Waals surface area contributed by atoms with Gasteiger partial charge in [-0.1, -0.05) is 5.16 Å². The molecular formula is C9H15N3O2. The fourth-order valence-electron chi connectivity index (χ4n) is 1.88. The van der Waals surface area contributed by atoms with Gasteiger partial charge >= 0.3 is 0 Å². The Morgan fingerprint density at radius 3 is 3.00 bits per heavy atom. The Hall–Kier alpha value is -0.940. The fourth-order valence-corrected chi connectivity index (χ4v) is 1.88. The van der Waals surface area contributed by atoms with Gasteiger partial charge in [0.25, 0.3) is 0 Å². The van der Waals surface area contributed by atoms with Gasteiger partial charge in [-0.05, 0) is 19.3 Å². The number of nitrogens with two attached hydrogens (primary N) is 1. The highest BCUT2D eigenvalue weighted by Crippen LogP contribution is 2.32. The van der Waals surface area contributed by atoms with Gasteiger partial charge in [-0.3, -0.25) is 0 Å². The van der Waals surface area contributed by atoms with Gasteiger partial charge in [0.1, 0.15) is 0 Å². The highest BCUT2D eigenvalue weighted by molar-refractivity contribution is 4.99. The molecule has 0 amide bonds. The van der Waals surface area contributed by atoms with Gasteiger partial charge in [-0.2, -0.15) is 4.98 Å². The molecule has 2 atom stereocenters. The third kappa shape index (κ3) is 1.93. The first-order chi connectivity index (χ1) is 6.79. The van der Waals surface area contributed by atoms with Gasteiger partial charge in [-0.15, -0.1) is 0 Å². The molecule has 5 heteroatoms. The molecule has 0 bridgehead atoms. The third-order valence-electron chi connectivity index (χ3n) is 2.64. The van der Waals surface area contributed by atoms with Gasteiger partial charge in [0, 0.05) is 18.4 Å². The van der Waals surface area contributed by atoms with Crippen molar-refractivity contribution in [2.45, 2.75) is 37.6 Å². The van der Waals surface area contributed by atoms with E-state index in [0.717, 1.165) is 19.3 Å². The van der Waals surface area contributed by atoms with E-state index in [2.05, 4.69) is 10.1 Å². The maximum atomic E-state index is 8.69. The summed E-state index contributed by atoms with van der Waals surface area (Å²) in [5.74, 6) is 1.59. The smallest absolute Gasteiger partial charge is 0.229 e. The number of nitrogens with zero attached hydrogens (tertiary/aromatic N) is 2. The molecule has 1 aliphatic carbocycles. The van der Waals surface area contributed by atoms with Crippen LogP contribution in [-0.2, 0) is 6.42 Å². The van der Waals surface area contributed by atoms with E-state index in [1.54, 1.807) is 0 Å². The van der Waals surface area contributed by atoms with Gasteiger partial charge in [0.2, 0.25) is 5.89 Å². The van der Waals surface area contributed by atoms with Crippen LogP contribution in [0.3, 0.4) is 0 Å². The number of aromatic nitrogens is 2. The quantitative estimate of drug-likeness (QED) is 0.723. The monoisotopic (exact) mass is 197 g/mol. The Morgan fingerprint density at radius 2 is 2.36 bits per heavy atom. The highest BCUT2D eigenvalue weighted by atomic mass is 16.5. The van der Waals surface area contributed by atoms with Crippen molar-refractivity contribution >= 4 is 0 Å². The largest absolute Gasteiger partial charge is 0.396 e. The van der Waals surface area contributed by atoms with Crippen LogP contribution in [0.2, 0.25) is 0 Å². The second-order valence-electron chi connectivity index (χ2n) is 3.79. The molecule has 0 aromatic carbocycles. The van der Waals surface area contributed by atoms with Crippen LogP contribution in [-0.4, -0.2) is 27.9 Å². The second kappa shape index (κ2) is 4.06. The molecular weight excluding hydrogens is 182 g/mol. The first-order valence-electron chi connectivity index (χ1n) is 4.98. The molecule has 3 N–H and O–H groups in total. The Morgan fingerprint density at radius 1 is 1.50 bits per heavy atom. The van der Waals surface area contributed by atoms with Crippen molar-refractivity contribution in [1.29, 1.82) is 0 Å². The van der Waals surface area contributed by atoms with Crippen molar-refractivity contribution in [2.75, 3.05) is 6.61 Å². The Bertz CT molecular complexity index is 300. The molecule has 5 nitrogen and oxygen atoms in total. The van der Waals surface area contributed by atoms with Gasteiger partial charge in [0.15, 0.2) is 5.82 Å². The molecule has 1 saturated carbocycles. The van der Waals surface area contributed by atoms with Crippen molar-refractivity contribution in [2.24, 2.45) is 5.73 Å². The molecule has 1 aliphatic rings. The maximum Gasteiger partial charge on any atom is 0.229 e. The summed E-state index contributed by atoms with van der Waals surface area (Å²) < 4.78 is 5.12. The van der Waals surface area contributed by atoms with E-state index in [1.165, 1.54) is 0 Å². The Balaban J connectivity index is 2.02. The van der Waals surface area contributed by atoms with E-state index in [0.29, 0.717) is 24.1 Å². The number of hydrogen-bond acceptors (Lipinski definition) is 5. The van der Waals surface area contributed by atoms with Crippen molar-refractivity contribution in [3.05, 3.63) is 11.7 Å². The Kier molecular flexibility index (Phi) is 2.79. The molecule has 0 saturated heterocycles. The minimum absolute atomic E-state index is 0.0587. The predicted molar refractivity (Wildman–Crippen MR) is 49.7 cm³/mol. The fraction of sp³-hybridized carbons (Fsp3) is 0.778. The number of aliphatic hydroxyl groups excluding tert-OH is 1. The summed E-state index contributed by atoms with van der Waals surface area (Å²) in [5, 5.41) is 12.5. The van der Waals surface area contributed by atoms with Crippen molar-refractivity contribution in [3.63, 3.8) is 0 Å². The van der Waals surface area contributed by atoms with E-state index in [-0.39, 0.29) is 12.6 Å². The minimum atomic E-state index is 0.0587. The number of aliphatic hydroxyl groups is 1. The molecule has 78 valence electrons. The van der Waals surface area contributed by atoms with Crippen LogP contribution >= 0.6 is 0 Å². The Labute approximate surface area is 82.3 Å². The molecule has 1 aromatic heterocycles. The average molecular weight is 197 g/mol. The summed E-state index contributed by atoms with van der Waals surface area (Å²) in [5.41, 5.74) is 5.80. The van der Waals surface area contributed by atoms with Crippen LogP contribution in [0.4, 0.5) is 0 Å². The van der Waals surface area contributed by atoms with E-state index < -0.39 is 0 Å². The average Bonchev–Trinajstić information content (AvgIpc) is 2.74. The SMILES string of the molecule is NC1CCC(c2nc(CCO)no2)C1. The summed E-state index contributed by atoms with van der Waals surface area (Å²) in [6, 6.07) is 0.271. The molecule has 1 heterocycles. The number of rotatable bonds is 3. The molecule has 14 heavy (non-hydrogen) atoms. The van der Waals surface area contributed by atoms with Gasteiger partial charge in [-0.25, -0.2) is 0 Å². The maximum absolute atomic E-state index is 8.69. The first kappa shape index (κ1) is 9.61. The normalized spacial score (nSPS) is 27.0. The summed E-state index contributed by atoms with van der Waals surface area (Å²) in [6.45, 7) is 0.0587.